The van der Waals surface area contributed by atoms with E-state index in [1.807, 2.05) is 4.90 Å². The first-order valence-electron chi connectivity index (χ1n) is 8.02. The largest absolute Gasteiger partial charge is 0.340 e. The Morgan fingerprint density at radius 2 is 1.83 bits per heavy atom. The molecule has 4 nitrogen and oxygen atoms in total. The Hall–Kier alpha value is -1.56. The first-order valence-corrected chi connectivity index (χ1v) is 9.18. The molecule has 1 heterocycles. The van der Waals surface area contributed by atoms with E-state index >= 15 is 0 Å². The summed E-state index contributed by atoms with van der Waals surface area (Å²) in [7, 11) is 0. The lowest BCUT2D eigenvalue weighted by Crippen LogP contribution is -2.38. The second-order valence-electron chi connectivity index (χ2n) is 5.56. The van der Waals surface area contributed by atoms with Crippen LogP contribution in [0.3, 0.4) is 0 Å². The molecule has 0 N–H and O–H groups in total. The zero-order chi connectivity index (χ0) is 16.7. The highest BCUT2D eigenvalue weighted by Crippen LogP contribution is 2.13. The fourth-order valence-electron chi connectivity index (χ4n) is 2.57. The smallest absolute Gasteiger partial charge is 0.256 e. The Morgan fingerprint density at radius 1 is 1.13 bits per heavy atom. The standard InChI is InChI=1S/C17H23FN2O2S/c1-2-12-23-13-16(21)19-8-5-9-20(11-10-19)17(22)14-6-3-4-7-15(14)18/h3-4,6-7H,2,5,8-13H2,1H3. The number of halogens is 1. The van der Waals surface area contributed by atoms with Gasteiger partial charge < -0.3 is 9.80 Å². The average molecular weight is 338 g/mol. The highest BCUT2D eigenvalue weighted by atomic mass is 32.2. The number of hydrogen-bond donors (Lipinski definition) is 0. The number of thioether (sulfide) groups is 1. The topological polar surface area (TPSA) is 40.6 Å². The third-order valence-corrected chi connectivity index (χ3v) is 4.96. The minimum absolute atomic E-state index is 0.103. The van der Waals surface area contributed by atoms with Gasteiger partial charge in [-0.15, -0.1) is 0 Å². The van der Waals surface area contributed by atoms with Crippen molar-refractivity contribution in [2.24, 2.45) is 0 Å². The van der Waals surface area contributed by atoms with Crippen molar-refractivity contribution in [2.75, 3.05) is 37.7 Å². The van der Waals surface area contributed by atoms with Gasteiger partial charge in [0.1, 0.15) is 5.82 Å². The first kappa shape index (κ1) is 17.8. The van der Waals surface area contributed by atoms with Crippen molar-refractivity contribution in [1.29, 1.82) is 0 Å². The van der Waals surface area contributed by atoms with E-state index in [9.17, 15) is 14.0 Å². The minimum atomic E-state index is -0.495. The molecule has 0 saturated carbocycles. The quantitative estimate of drug-likeness (QED) is 0.775. The highest BCUT2D eigenvalue weighted by molar-refractivity contribution is 7.99. The van der Waals surface area contributed by atoms with Gasteiger partial charge in [-0.05, 0) is 30.7 Å². The molecule has 126 valence electrons. The lowest BCUT2D eigenvalue weighted by molar-refractivity contribution is -0.128. The summed E-state index contributed by atoms with van der Waals surface area (Å²) >= 11 is 1.65. The fourth-order valence-corrected chi connectivity index (χ4v) is 3.36. The summed E-state index contributed by atoms with van der Waals surface area (Å²) in [6.45, 7) is 4.28. The van der Waals surface area contributed by atoms with Crippen LogP contribution in [0.1, 0.15) is 30.1 Å². The van der Waals surface area contributed by atoms with Crippen molar-refractivity contribution in [3.8, 4) is 0 Å². The number of rotatable bonds is 5. The van der Waals surface area contributed by atoms with Crippen LogP contribution in [0, 0.1) is 5.82 Å². The number of hydrogen-bond acceptors (Lipinski definition) is 3. The molecule has 23 heavy (non-hydrogen) atoms. The van der Waals surface area contributed by atoms with Gasteiger partial charge in [0, 0.05) is 26.2 Å². The Kier molecular flexibility index (Phi) is 6.89. The molecule has 1 aromatic carbocycles. The van der Waals surface area contributed by atoms with Crippen molar-refractivity contribution < 1.29 is 14.0 Å². The Bertz CT molecular complexity index is 553. The summed E-state index contributed by atoms with van der Waals surface area (Å²) in [5, 5.41) is 0. The van der Waals surface area contributed by atoms with Gasteiger partial charge in [-0.1, -0.05) is 19.1 Å². The molecule has 6 heteroatoms. The van der Waals surface area contributed by atoms with Crippen LogP contribution in [0.15, 0.2) is 24.3 Å². The van der Waals surface area contributed by atoms with Gasteiger partial charge >= 0.3 is 0 Å². The number of amides is 2. The van der Waals surface area contributed by atoms with Crippen molar-refractivity contribution in [3.05, 3.63) is 35.6 Å². The normalized spacial score (nSPS) is 15.4. The molecule has 1 aromatic rings. The second kappa shape index (κ2) is 8.91. The molecular weight excluding hydrogens is 315 g/mol. The predicted molar refractivity (Wildman–Crippen MR) is 91.1 cm³/mol. The molecule has 2 rings (SSSR count). The highest BCUT2D eigenvalue weighted by Gasteiger charge is 2.24. The maximum absolute atomic E-state index is 13.8. The third kappa shape index (κ3) is 4.96. The Morgan fingerprint density at radius 3 is 2.57 bits per heavy atom. The summed E-state index contributed by atoms with van der Waals surface area (Å²) in [6.07, 6.45) is 1.78. The fraction of sp³-hybridized carbons (Fsp3) is 0.529. The van der Waals surface area contributed by atoms with Crippen LogP contribution in [-0.2, 0) is 4.79 Å². The molecular formula is C17H23FN2O2S. The van der Waals surface area contributed by atoms with Crippen molar-refractivity contribution >= 4 is 23.6 Å². The lowest BCUT2D eigenvalue weighted by Gasteiger charge is -2.22. The Balaban J connectivity index is 1.92. The summed E-state index contributed by atoms with van der Waals surface area (Å²) in [5.74, 6) is 0.819. The summed E-state index contributed by atoms with van der Waals surface area (Å²) in [6, 6.07) is 6.04. The molecule has 0 unspecified atom stereocenters. The molecule has 0 aliphatic carbocycles. The maximum atomic E-state index is 13.8. The van der Waals surface area contributed by atoms with Gasteiger partial charge in [0.25, 0.3) is 5.91 Å². The zero-order valence-corrected chi connectivity index (χ0v) is 14.3. The zero-order valence-electron chi connectivity index (χ0n) is 13.5. The van der Waals surface area contributed by atoms with Gasteiger partial charge in [-0.3, -0.25) is 9.59 Å². The monoisotopic (exact) mass is 338 g/mol. The van der Waals surface area contributed by atoms with Gasteiger partial charge in [-0.2, -0.15) is 11.8 Å². The van der Waals surface area contributed by atoms with Crippen molar-refractivity contribution in [1.82, 2.24) is 9.80 Å². The van der Waals surface area contributed by atoms with E-state index in [2.05, 4.69) is 6.92 Å². The average Bonchev–Trinajstić information content (AvgIpc) is 2.81. The van der Waals surface area contributed by atoms with Gasteiger partial charge in [0.05, 0.1) is 11.3 Å². The number of benzene rings is 1. The third-order valence-electron chi connectivity index (χ3n) is 3.81. The summed E-state index contributed by atoms with van der Waals surface area (Å²) in [4.78, 5) is 28.1. The maximum Gasteiger partial charge on any atom is 0.256 e. The second-order valence-corrected chi connectivity index (χ2v) is 6.66. The molecule has 0 radical (unpaired) electrons. The molecule has 0 aromatic heterocycles. The predicted octanol–water partition coefficient (Wildman–Crippen LogP) is 2.64. The number of carbonyl (C=O) groups excluding carboxylic acids is 2. The van der Waals surface area contributed by atoms with Crippen LogP contribution in [0.2, 0.25) is 0 Å². The van der Waals surface area contributed by atoms with E-state index in [1.165, 1.54) is 12.1 Å². The number of carbonyl (C=O) groups is 2. The van der Waals surface area contributed by atoms with E-state index in [-0.39, 0.29) is 17.4 Å². The van der Waals surface area contributed by atoms with Crippen LogP contribution in [0.4, 0.5) is 4.39 Å². The first-order chi connectivity index (χ1) is 11.1. The Labute approximate surface area is 141 Å². The van der Waals surface area contributed by atoms with Crippen molar-refractivity contribution in [3.63, 3.8) is 0 Å². The molecule has 0 atom stereocenters. The molecule has 2 amide bonds. The van der Waals surface area contributed by atoms with Gasteiger partial charge in [0.15, 0.2) is 0 Å². The van der Waals surface area contributed by atoms with Crippen LogP contribution in [0.5, 0.6) is 0 Å². The molecule has 1 aliphatic heterocycles. The SMILES string of the molecule is CCCSCC(=O)N1CCCN(C(=O)c2ccccc2F)CC1. The van der Waals surface area contributed by atoms with Crippen LogP contribution in [-0.4, -0.2) is 59.3 Å². The van der Waals surface area contributed by atoms with Crippen LogP contribution in [0.25, 0.3) is 0 Å². The lowest BCUT2D eigenvalue weighted by atomic mass is 10.2. The number of nitrogens with zero attached hydrogens (tertiary/aromatic N) is 2. The van der Waals surface area contributed by atoms with Crippen LogP contribution < -0.4 is 0 Å². The van der Waals surface area contributed by atoms with Gasteiger partial charge in [0.2, 0.25) is 5.91 Å². The molecule has 0 bridgehead atoms. The molecule has 1 fully saturated rings. The summed E-state index contributed by atoms with van der Waals surface area (Å²) < 4.78 is 13.8. The van der Waals surface area contributed by atoms with E-state index in [4.69, 9.17) is 0 Å². The van der Waals surface area contributed by atoms with E-state index in [1.54, 1.807) is 28.8 Å². The van der Waals surface area contributed by atoms with E-state index < -0.39 is 5.82 Å². The van der Waals surface area contributed by atoms with Crippen LogP contribution >= 0.6 is 11.8 Å². The molecule has 0 spiro atoms. The van der Waals surface area contributed by atoms with E-state index in [0.717, 1.165) is 18.6 Å². The van der Waals surface area contributed by atoms with Crippen molar-refractivity contribution in [2.45, 2.75) is 19.8 Å². The van der Waals surface area contributed by atoms with Gasteiger partial charge in [-0.25, -0.2) is 4.39 Å². The molecule has 1 saturated heterocycles. The molecule has 1 aliphatic rings. The minimum Gasteiger partial charge on any atom is -0.340 e. The van der Waals surface area contributed by atoms with E-state index in [0.29, 0.717) is 31.9 Å². The summed E-state index contributed by atoms with van der Waals surface area (Å²) in [5.41, 5.74) is 0.103.